The zero-order valence-corrected chi connectivity index (χ0v) is 12.6. The zero-order chi connectivity index (χ0) is 18.1. The molecule has 0 bridgehead atoms. The number of aliphatic carboxylic acids is 1. The highest BCUT2D eigenvalue weighted by molar-refractivity contribution is 5.69. The fourth-order valence-electron chi connectivity index (χ4n) is 2.47. The molecule has 7 nitrogen and oxygen atoms in total. The third-order valence-electron chi connectivity index (χ3n) is 3.59. The van der Waals surface area contributed by atoms with Crippen LogP contribution in [0.5, 0.6) is 0 Å². The van der Waals surface area contributed by atoms with Crippen molar-refractivity contribution in [2.24, 2.45) is 0 Å². The lowest BCUT2D eigenvalue weighted by Gasteiger charge is -2.06. The molecule has 128 valence electrons. The van der Waals surface area contributed by atoms with E-state index in [1.54, 1.807) is 0 Å². The fraction of sp³-hybridized carbons (Fsp3) is 0.125. The monoisotopic (exact) mass is 347 g/mol. The van der Waals surface area contributed by atoms with Gasteiger partial charge in [0, 0.05) is 24.1 Å². The van der Waals surface area contributed by atoms with Crippen LogP contribution in [0.25, 0.3) is 22.7 Å². The van der Waals surface area contributed by atoms with Gasteiger partial charge in [-0.3, -0.25) is 9.59 Å². The fourth-order valence-corrected chi connectivity index (χ4v) is 2.47. The van der Waals surface area contributed by atoms with Gasteiger partial charge in [0.1, 0.15) is 28.9 Å². The summed E-state index contributed by atoms with van der Waals surface area (Å²) in [6, 6.07) is 3.90. The van der Waals surface area contributed by atoms with E-state index in [9.17, 15) is 23.5 Å². The normalized spacial score (nSPS) is 12.4. The molecule has 9 heteroatoms. The number of carbonyl (C=O) groups is 1. The number of aromatic nitrogens is 3. The highest BCUT2D eigenvalue weighted by Gasteiger charge is 2.16. The smallest absolute Gasteiger partial charge is 0.303 e. The van der Waals surface area contributed by atoms with Gasteiger partial charge >= 0.3 is 5.97 Å². The first-order valence-electron chi connectivity index (χ1n) is 7.14. The van der Waals surface area contributed by atoms with Crippen molar-refractivity contribution >= 4 is 17.4 Å². The van der Waals surface area contributed by atoms with Crippen molar-refractivity contribution in [1.29, 1.82) is 0 Å². The minimum Gasteiger partial charge on any atom is -0.511 e. The summed E-state index contributed by atoms with van der Waals surface area (Å²) >= 11 is 0. The average Bonchev–Trinajstić information content (AvgIpc) is 3.01. The lowest BCUT2D eigenvalue weighted by atomic mass is 10.1. The van der Waals surface area contributed by atoms with E-state index in [-0.39, 0.29) is 35.0 Å². The van der Waals surface area contributed by atoms with Crippen LogP contribution in [0.4, 0.5) is 8.78 Å². The van der Waals surface area contributed by atoms with E-state index < -0.39 is 28.8 Å². The summed E-state index contributed by atoms with van der Waals surface area (Å²) in [6.07, 6.45) is 0.463. The van der Waals surface area contributed by atoms with Gasteiger partial charge in [0.2, 0.25) is 0 Å². The van der Waals surface area contributed by atoms with Crippen LogP contribution in [0.15, 0.2) is 35.4 Å². The number of carboxylic acids is 1. The van der Waals surface area contributed by atoms with Crippen molar-refractivity contribution in [3.05, 3.63) is 57.7 Å². The molecule has 0 aliphatic heterocycles. The number of fused-ring (bicyclic) bond motifs is 1. The maximum atomic E-state index is 14.0. The van der Waals surface area contributed by atoms with Gasteiger partial charge < -0.3 is 10.2 Å². The Bertz CT molecular complexity index is 1090. The summed E-state index contributed by atoms with van der Waals surface area (Å²) in [5.74, 6) is -3.24. The minimum absolute atomic E-state index is 0.0322. The Balaban J connectivity index is 2.28. The molecule has 3 rings (SSSR count). The van der Waals surface area contributed by atoms with Gasteiger partial charge in [-0.1, -0.05) is 0 Å². The average molecular weight is 347 g/mol. The van der Waals surface area contributed by atoms with Gasteiger partial charge in [-0.25, -0.2) is 18.3 Å². The van der Waals surface area contributed by atoms with E-state index >= 15 is 0 Å². The van der Waals surface area contributed by atoms with Crippen LogP contribution in [0.1, 0.15) is 12.8 Å². The highest BCUT2D eigenvalue weighted by Crippen LogP contribution is 2.22. The van der Waals surface area contributed by atoms with E-state index in [0.717, 1.165) is 29.0 Å². The molecule has 0 radical (unpaired) electrons. The first-order valence-corrected chi connectivity index (χ1v) is 7.14. The standard InChI is InChI=1S/C16H11F2N3O4/c17-8-1-2-9(10(18)5-8)11-6-13(23)15(12(22)3-4-14(24)25)16-19-7-20-21(11)16/h1-2,5-7,22H,3-4H2,(H,24,25)/b15-12-. The predicted octanol–water partition coefficient (Wildman–Crippen LogP) is 1.28. The zero-order valence-electron chi connectivity index (χ0n) is 12.6. The Labute approximate surface area is 138 Å². The van der Waals surface area contributed by atoms with Crippen molar-refractivity contribution in [3.63, 3.8) is 0 Å². The van der Waals surface area contributed by atoms with Crippen LogP contribution in [0.3, 0.4) is 0 Å². The van der Waals surface area contributed by atoms with Crippen molar-refractivity contribution in [3.8, 4) is 11.3 Å². The molecule has 1 aromatic carbocycles. The number of hydrogen-bond acceptors (Lipinski definition) is 5. The molecular formula is C16H11F2N3O4. The number of aliphatic hydroxyl groups excluding tert-OH is 1. The van der Waals surface area contributed by atoms with Crippen molar-refractivity contribution in [2.45, 2.75) is 12.8 Å². The van der Waals surface area contributed by atoms with Crippen LogP contribution in [0.2, 0.25) is 0 Å². The minimum atomic E-state index is -1.14. The molecule has 0 unspecified atom stereocenters. The largest absolute Gasteiger partial charge is 0.511 e. The summed E-state index contributed by atoms with van der Waals surface area (Å²) in [6.45, 7) is 0. The molecule has 25 heavy (non-hydrogen) atoms. The molecule has 2 aromatic heterocycles. The third-order valence-corrected chi connectivity index (χ3v) is 3.59. The second kappa shape index (κ2) is 6.27. The van der Waals surface area contributed by atoms with Crippen LogP contribution in [0, 0.1) is 11.6 Å². The van der Waals surface area contributed by atoms with E-state index in [1.807, 2.05) is 0 Å². The molecule has 0 aliphatic carbocycles. The summed E-state index contributed by atoms with van der Waals surface area (Å²) in [7, 11) is 0. The highest BCUT2D eigenvalue weighted by atomic mass is 19.1. The number of halogens is 2. The van der Waals surface area contributed by atoms with Gasteiger partial charge in [0.25, 0.3) is 0 Å². The van der Waals surface area contributed by atoms with Gasteiger partial charge in [-0.2, -0.15) is 5.10 Å². The summed E-state index contributed by atoms with van der Waals surface area (Å²) in [5.41, 5.74) is -0.758. The number of rotatable bonds is 4. The van der Waals surface area contributed by atoms with E-state index in [4.69, 9.17) is 5.11 Å². The number of pyridine rings is 1. The first kappa shape index (κ1) is 16.5. The molecule has 0 aliphatic rings. The Kier molecular flexibility index (Phi) is 4.14. The van der Waals surface area contributed by atoms with Crippen LogP contribution < -0.4 is 10.6 Å². The SMILES string of the molecule is O=C(O)CC/C(O)=c1\c(=O)cc(-c2ccc(F)cc2F)n2ncnc12. The Morgan fingerprint density at radius 3 is 2.60 bits per heavy atom. The lowest BCUT2D eigenvalue weighted by Crippen LogP contribution is -2.30. The third kappa shape index (κ3) is 3.03. The summed E-state index contributed by atoms with van der Waals surface area (Å²) < 4.78 is 28.3. The maximum Gasteiger partial charge on any atom is 0.303 e. The number of hydrogen-bond donors (Lipinski definition) is 2. The van der Waals surface area contributed by atoms with Crippen LogP contribution in [-0.4, -0.2) is 30.8 Å². The van der Waals surface area contributed by atoms with E-state index in [0.29, 0.717) is 6.07 Å². The molecule has 0 spiro atoms. The number of benzene rings is 1. The van der Waals surface area contributed by atoms with E-state index in [1.165, 1.54) is 0 Å². The van der Waals surface area contributed by atoms with Crippen molar-refractivity contribution in [2.75, 3.05) is 0 Å². The lowest BCUT2D eigenvalue weighted by molar-refractivity contribution is -0.136. The van der Waals surface area contributed by atoms with Gasteiger partial charge in [-0.15, -0.1) is 0 Å². The Hall–Kier alpha value is -3.36. The van der Waals surface area contributed by atoms with Crippen molar-refractivity contribution < 1.29 is 23.8 Å². The molecule has 3 aromatic rings. The second-order valence-corrected chi connectivity index (χ2v) is 5.23. The van der Waals surface area contributed by atoms with Gasteiger partial charge in [-0.05, 0) is 12.1 Å². The number of carboxylic acid groups (broad SMARTS) is 1. The van der Waals surface area contributed by atoms with Crippen molar-refractivity contribution in [1.82, 2.24) is 14.6 Å². The molecule has 0 saturated heterocycles. The predicted molar refractivity (Wildman–Crippen MR) is 82.7 cm³/mol. The number of aliphatic hydroxyl groups is 1. The summed E-state index contributed by atoms with van der Waals surface area (Å²) in [5, 5.41) is 22.5. The molecule has 2 heterocycles. The molecule has 0 amide bonds. The van der Waals surface area contributed by atoms with Gasteiger partial charge in [0.05, 0.1) is 12.1 Å². The van der Waals surface area contributed by atoms with E-state index in [2.05, 4.69) is 10.1 Å². The molecular weight excluding hydrogens is 336 g/mol. The summed E-state index contributed by atoms with van der Waals surface area (Å²) in [4.78, 5) is 26.9. The molecule has 0 saturated carbocycles. The van der Waals surface area contributed by atoms with Crippen LogP contribution >= 0.6 is 0 Å². The topological polar surface area (TPSA) is 105 Å². The molecule has 2 N–H and O–H groups in total. The molecule has 0 fully saturated rings. The molecule has 0 atom stereocenters. The second-order valence-electron chi connectivity index (χ2n) is 5.23. The number of nitrogens with zero attached hydrogens (tertiary/aromatic N) is 3. The van der Waals surface area contributed by atoms with Crippen LogP contribution in [-0.2, 0) is 4.79 Å². The Morgan fingerprint density at radius 2 is 1.92 bits per heavy atom. The first-order chi connectivity index (χ1) is 11.9. The quantitative estimate of drug-likeness (QED) is 0.737. The van der Waals surface area contributed by atoms with Gasteiger partial charge in [0.15, 0.2) is 11.1 Å². The maximum absolute atomic E-state index is 14.0. The Morgan fingerprint density at radius 1 is 1.16 bits per heavy atom.